The van der Waals surface area contributed by atoms with E-state index in [0.717, 1.165) is 0 Å². The van der Waals surface area contributed by atoms with Gasteiger partial charge in [0, 0.05) is 0 Å². The molecule has 12 heavy (non-hydrogen) atoms. The van der Waals surface area contributed by atoms with Gasteiger partial charge in [-0.2, -0.15) is 0 Å². The van der Waals surface area contributed by atoms with E-state index in [-0.39, 0.29) is 11.9 Å². The molecule has 66 valence electrons. The monoisotopic (exact) mass is 188 g/mol. The maximum absolute atomic E-state index is 12.4. The van der Waals surface area contributed by atoms with Crippen LogP contribution in [0.15, 0.2) is 24.3 Å². The van der Waals surface area contributed by atoms with Crippen LogP contribution < -0.4 is 4.74 Å². The van der Waals surface area contributed by atoms with Crippen molar-refractivity contribution >= 4 is 11.6 Å². The van der Waals surface area contributed by atoms with Gasteiger partial charge in [-0.05, 0) is 31.2 Å². The second kappa shape index (κ2) is 4.31. The van der Waals surface area contributed by atoms with E-state index in [1.807, 2.05) is 6.92 Å². The van der Waals surface area contributed by atoms with Crippen LogP contribution in [0, 0.1) is 5.82 Å². The van der Waals surface area contributed by atoms with Crippen molar-refractivity contribution in [1.29, 1.82) is 0 Å². The van der Waals surface area contributed by atoms with Gasteiger partial charge in [0.2, 0.25) is 0 Å². The lowest BCUT2D eigenvalue weighted by Gasteiger charge is -2.10. The number of hydrogen-bond acceptors (Lipinski definition) is 1. The van der Waals surface area contributed by atoms with Crippen LogP contribution in [0.5, 0.6) is 5.75 Å². The normalized spacial score (nSPS) is 12.6. The number of rotatable bonds is 3. The molecule has 0 fully saturated rings. The molecule has 0 saturated heterocycles. The van der Waals surface area contributed by atoms with Gasteiger partial charge in [0.05, 0.1) is 5.88 Å². The van der Waals surface area contributed by atoms with E-state index in [9.17, 15) is 4.39 Å². The molecule has 0 amide bonds. The Morgan fingerprint density at radius 2 is 2.00 bits per heavy atom. The Labute approximate surface area is 76.1 Å². The highest BCUT2D eigenvalue weighted by Gasteiger charge is 2.00. The van der Waals surface area contributed by atoms with E-state index in [2.05, 4.69) is 0 Å². The molecule has 1 unspecified atom stereocenters. The summed E-state index contributed by atoms with van der Waals surface area (Å²) in [6.07, 6.45) is -0.0443. The van der Waals surface area contributed by atoms with E-state index >= 15 is 0 Å². The Morgan fingerprint density at radius 1 is 1.42 bits per heavy atom. The van der Waals surface area contributed by atoms with Crippen LogP contribution in [0.1, 0.15) is 6.92 Å². The van der Waals surface area contributed by atoms with Crippen LogP contribution in [0.2, 0.25) is 0 Å². The number of hydrogen-bond donors (Lipinski definition) is 0. The molecule has 0 N–H and O–H groups in total. The number of alkyl halides is 1. The zero-order valence-corrected chi connectivity index (χ0v) is 7.51. The molecule has 1 atom stereocenters. The third kappa shape index (κ3) is 2.70. The standard InChI is InChI=1S/C9H10ClFO/c1-7(6-10)12-9-4-2-8(11)3-5-9/h2-5,7H,6H2,1H3. The molecule has 1 nitrogen and oxygen atoms in total. The molecule has 0 bridgehead atoms. The van der Waals surface area contributed by atoms with Crippen molar-refractivity contribution in [3.8, 4) is 5.75 Å². The predicted octanol–water partition coefficient (Wildman–Crippen LogP) is 2.83. The molecule has 0 heterocycles. The number of benzene rings is 1. The van der Waals surface area contributed by atoms with Gasteiger partial charge in [-0.1, -0.05) is 0 Å². The zero-order chi connectivity index (χ0) is 8.97. The van der Waals surface area contributed by atoms with E-state index in [4.69, 9.17) is 16.3 Å². The number of halogens is 2. The largest absolute Gasteiger partial charge is 0.489 e. The summed E-state index contributed by atoms with van der Waals surface area (Å²) in [5.41, 5.74) is 0. The first-order valence-corrected chi connectivity index (χ1v) is 4.24. The topological polar surface area (TPSA) is 9.23 Å². The molecule has 1 aromatic rings. The summed E-state index contributed by atoms with van der Waals surface area (Å²) in [5, 5.41) is 0. The fourth-order valence-electron chi connectivity index (χ4n) is 0.777. The smallest absolute Gasteiger partial charge is 0.123 e. The Hall–Kier alpha value is -0.760. The van der Waals surface area contributed by atoms with Gasteiger partial charge in [0.15, 0.2) is 0 Å². The second-order valence-electron chi connectivity index (χ2n) is 2.54. The fourth-order valence-corrected chi connectivity index (χ4v) is 0.840. The minimum atomic E-state index is -0.263. The molecular formula is C9H10ClFO. The first-order chi connectivity index (χ1) is 5.72. The summed E-state index contributed by atoms with van der Waals surface area (Å²) in [6.45, 7) is 1.86. The summed E-state index contributed by atoms with van der Waals surface area (Å²) in [7, 11) is 0. The van der Waals surface area contributed by atoms with Crippen LogP contribution in [-0.4, -0.2) is 12.0 Å². The fraction of sp³-hybridized carbons (Fsp3) is 0.333. The third-order valence-corrected chi connectivity index (χ3v) is 1.80. The lowest BCUT2D eigenvalue weighted by Crippen LogP contribution is -2.12. The molecular weight excluding hydrogens is 179 g/mol. The lowest BCUT2D eigenvalue weighted by molar-refractivity contribution is 0.245. The molecule has 0 radical (unpaired) electrons. The molecule has 3 heteroatoms. The second-order valence-corrected chi connectivity index (χ2v) is 2.85. The number of ether oxygens (including phenoxy) is 1. The van der Waals surface area contributed by atoms with Crippen molar-refractivity contribution in [2.24, 2.45) is 0 Å². The van der Waals surface area contributed by atoms with Gasteiger partial charge in [0.1, 0.15) is 17.7 Å². The van der Waals surface area contributed by atoms with Crippen LogP contribution in [0.25, 0.3) is 0 Å². The molecule has 1 aromatic carbocycles. The summed E-state index contributed by atoms with van der Waals surface area (Å²) < 4.78 is 17.7. The van der Waals surface area contributed by atoms with Crippen molar-refractivity contribution in [2.45, 2.75) is 13.0 Å². The first-order valence-electron chi connectivity index (χ1n) is 3.70. The SMILES string of the molecule is CC(CCl)Oc1ccc(F)cc1. The quantitative estimate of drug-likeness (QED) is 0.663. The van der Waals surface area contributed by atoms with Crippen LogP contribution in [0.4, 0.5) is 4.39 Å². The van der Waals surface area contributed by atoms with Gasteiger partial charge in [0.25, 0.3) is 0 Å². The minimum absolute atomic E-state index is 0.0443. The van der Waals surface area contributed by atoms with Crippen molar-refractivity contribution in [2.75, 3.05) is 5.88 Å². The van der Waals surface area contributed by atoms with Gasteiger partial charge in [-0.25, -0.2) is 4.39 Å². The Morgan fingerprint density at radius 3 is 2.50 bits per heavy atom. The van der Waals surface area contributed by atoms with Crippen LogP contribution in [0.3, 0.4) is 0 Å². The van der Waals surface area contributed by atoms with Gasteiger partial charge < -0.3 is 4.74 Å². The first kappa shape index (κ1) is 9.33. The summed E-state index contributed by atoms with van der Waals surface area (Å²) in [6, 6.07) is 5.88. The highest BCUT2D eigenvalue weighted by atomic mass is 35.5. The van der Waals surface area contributed by atoms with E-state index < -0.39 is 0 Å². The average Bonchev–Trinajstić information content (AvgIpc) is 2.09. The predicted molar refractivity (Wildman–Crippen MR) is 47.2 cm³/mol. The third-order valence-electron chi connectivity index (χ3n) is 1.37. The van der Waals surface area contributed by atoms with E-state index in [0.29, 0.717) is 11.6 Å². The Bertz CT molecular complexity index is 235. The molecule has 0 aliphatic heterocycles. The van der Waals surface area contributed by atoms with E-state index in [1.54, 1.807) is 12.1 Å². The molecule has 0 aliphatic rings. The molecule has 0 spiro atoms. The molecule has 0 aromatic heterocycles. The minimum Gasteiger partial charge on any atom is -0.489 e. The molecule has 1 rings (SSSR count). The van der Waals surface area contributed by atoms with Crippen molar-refractivity contribution in [1.82, 2.24) is 0 Å². The Kier molecular flexibility index (Phi) is 3.35. The maximum Gasteiger partial charge on any atom is 0.123 e. The molecule has 0 saturated carbocycles. The zero-order valence-electron chi connectivity index (χ0n) is 6.76. The van der Waals surface area contributed by atoms with Gasteiger partial charge in [-0.3, -0.25) is 0 Å². The molecule has 0 aliphatic carbocycles. The lowest BCUT2D eigenvalue weighted by atomic mass is 10.3. The maximum atomic E-state index is 12.4. The van der Waals surface area contributed by atoms with Crippen molar-refractivity contribution in [3.05, 3.63) is 30.1 Å². The van der Waals surface area contributed by atoms with Gasteiger partial charge in [-0.15, -0.1) is 11.6 Å². The van der Waals surface area contributed by atoms with Gasteiger partial charge >= 0.3 is 0 Å². The Balaban J connectivity index is 2.58. The van der Waals surface area contributed by atoms with Crippen LogP contribution in [-0.2, 0) is 0 Å². The van der Waals surface area contributed by atoms with Crippen LogP contribution >= 0.6 is 11.6 Å². The summed E-state index contributed by atoms with van der Waals surface area (Å²) in [5.74, 6) is 0.808. The highest BCUT2D eigenvalue weighted by molar-refractivity contribution is 6.18. The summed E-state index contributed by atoms with van der Waals surface area (Å²) in [4.78, 5) is 0. The van der Waals surface area contributed by atoms with Crippen molar-refractivity contribution in [3.63, 3.8) is 0 Å². The van der Waals surface area contributed by atoms with Crippen molar-refractivity contribution < 1.29 is 9.13 Å². The van der Waals surface area contributed by atoms with E-state index in [1.165, 1.54) is 12.1 Å². The average molecular weight is 189 g/mol. The summed E-state index contributed by atoms with van der Waals surface area (Å²) >= 11 is 5.53. The highest BCUT2D eigenvalue weighted by Crippen LogP contribution is 2.13.